The van der Waals surface area contributed by atoms with Gasteiger partial charge in [0.1, 0.15) is 47.6 Å². The third-order valence-electron chi connectivity index (χ3n) is 15.9. The van der Waals surface area contributed by atoms with Crippen LogP contribution in [0, 0.1) is 23.7 Å². The van der Waals surface area contributed by atoms with E-state index in [1.165, 1.54) is 19.8 Å². The molecule has 0 amide bonds. The van der Waals surface area contributed by atoms with E-state index in [-0.39, 0.29) is 61.2 Å². The van der Waals surface area contributed by atoms with Gasteiger partial charge >= 0.3 is 5.97 Å². The summed E-state index contributed by atoms with van der Waals surface area (Å²) < 4.78 is 27.0. The van der Waals surface area contributed by atoms with Crippen LogP contribution in [-0.2, 0) is 40.8 Å². The third kappa shape index (κ3) is 8.70. The number of ether oxygens (including phenoxy) is 4. The lowest BCUT2D eigenvalue weighted by atomic mass is 9.65. The highest BCUT2D eigenvalue weighted by molar-refractivity contribution is 8.76. The maximum atomic E-state index is 12.9. The topological polar surface area (TPSA) is 178 Å². The van der Waals surface area contributed by atoms with E-state index in [1.54, 1.807) is 13.2 Å². The highest BCUT2D eigenvalue weighted by Crippen LogP contribution is 2.63. The first kappa shape index (κ1) is 46.3. The first-order chi connectivity index (χ1) is 33.6. The Balaban J connectivity index is 1.17. The lowest BCUT2D eigenvalue weighted by Crippen LogP contribution is -2.49. The van der Waals surface area contributed by atoms with Gasteiger partial charge in [0.2, 0.25) is 0 Å². The van der Waals surface area contributed by atoms with Crippen LogP contribution in [-0.4, -0.2) is 82.8 Å². The first-order valence-corrected chi connectivity index (χ1v) is 27.3. The number of phenolic OH excluding ortho intramolecular Hbond substituents is 2. The molecule has 1 spiro atoms. The van der Waals surface area contributed by atoms with Crippen LogP contribution in [0.1, 0.15) is 121 Å². The molecule has 0 unspecified atom stereocenters. The largest absolute Gasteiger partial charge is 0.508 e. The van der Waals surface area contributed by atoms with Crippen LogP contribution in [0.25, 0.3) is 17.2 Å². The quantitative estimate of drug-likeness (QED) is 0.0429. The van der Waals surface area contributed by atoms with E-state index in [9.17, 15) is 20.1 Å². The molecular formula is C55H62N4O8S2. The molecule has 12 nitrogen and oxygen atoms in total. The van der Waals surface area contributed by atoms with Crippen LogP contribution in [0.2, 0.25) is 0 Å². The van der Waals surface area contributed by atoms with Crippen molar-refractivity contribution in [3.05, 3.63) is 92.7 Å². The number of aromatic hydroxyl groups is 2. The number of aromatic nitrogens is 1. The minimum Gasteiger partial charge on any atom is -0.508 e. The molecule has 1 aromatic heterocycles. The number of methoxy groups -OCH3 is 1. The number of nitrogens with one attached hydrogen (secondary N) is 2. The lowest BCUT2D eigenvalue weighted by Gasteiger charge is -2.39. The van der Waals surface area contributed by atoms with Crippen LogP contribution in [0.5, 0.6) is 28.7 Å². The van der Waals surface area contributed by atoms with Crippen molar-refractivity contribution in [2.45, 2.75) is 120 Å². The number of nitrogens with two attached hydrogens (primary N) is 1. The first-order valence-electron chi connectivity index (χ1n) is 24.8. The van der Waals surface area contributed by atoms with E-state index in [1.807, 2.05) is 33.7 Å². The molecule has 4 aromatic rings. The summed E-state index contributed by atoms with van der Waals surface area (Å²) in [6, 6.07) is 12.0. The standard InChI is InChI=1S/C55H62N4O8S2/c1-30(61)65-27-42-38-11-12-39-48-34(22-36(62)23-45(48)64-2)25-55-17-16-31(24-55)20-33-10-15-47(56)59-43(33)9-4-8-37-41(26-57-18-5-19-60)51(63)54-40(49(37)52(42)67-53(38)50(39)55)13-14-44-46(66-54)29-69-68-28-32-6-3-7-35(21-32)58-44/h10-15,22-23,31-32,35,42,44,46,52,57-58,60,62-63H,3,5-8,16-21,24-29H2,1-2H3,(H2,56,59)/t31-,32-,35+,42+,44+,46-,52+,55-/m1/s1. The van der Waals surface area contributed by atoms with E-state index in [0.717, 1.165) is 100 Å². The Bertz CT molecular complexity index is 2770. The summed E-state index contributed by atoms with van der Waals surface area (Å²) >= 11 is 0. The number of benzene rings is 3. The van der Waals surface area contributed by atoms with Gasteiger partial charge in [-0.15, -0.1) is 0 Å². The second-order valence-corrected chi connectivity index (χ2v) is 22.8. The summed E-state index contributed by atoms with van der Waals surface area (Å²) in [6.07, 6.45) is 13.0. The van der Waals surface area contributed by atoms with E-state index in [4.69, 9.17) is 29.7 Å². The third-order valence-corrected chi connectivity index (χ3v) is 18.4. The van der Waals surface area contributed by atoms with Crippen LogP contribution in [0.15, 0.2) is 42.5 Å². The van der Waals surface area contributed by atoms with Crippen molar-refractivity contribution in [3.8, 4) is 51.7 Å². The van der Waals surface area contributed by atoms with E-state index >= 15 is 0 Å². The molecule has 3 aromatic carbocycles. The zero-order valence-corrected chi connectivity index (χ0v) is 41.0. The number of hydrogen-bond acceptors (Lipinski definition) is 14. The van der Waals surface area contributed by atoms with Gasteiger partial charge in [-0.25, -0.2) is 4.98 Å². The zero-order chi connectivity index (χ0) is 47.4. The number of aliphatic hydroxyl groups excluding tert-OH is 1. The number of esters is 1. The molecule has 5 heterocycles. The van der Waals surface area contributed by atoms with Gasteiger partial charge in [-0.05, 0) is 116 Å². The Morgan fingerprint density at radius 1 is 1.07 bits per heavy atom. The fraction of sp³-hybridized carbons (Fsp3) is 0.491. The van der Waals surface area contributed by atoms with Crippen molar-refractivity contribution in [1.82, 2.24) is 15.6 Å². The Labute approximate surface area is 412 Å². The highest BCUT2D eigenvalue weighted by Gasteiger charge is 2.51. The fourth-order valence-electron chi connectivity index (χ4n) is 12.8. The number of pyridine rings is 1. The van der Waals surface area contributed by atoms with Gasteiger partial charge in [-0.1, -0.05) is 64.3 Å². The number of hydrogen-bond donors (Lipinski definition) is 6. The molecule has 3 fully saturated rings. The average Bonchev–Trinajstić information content (AvgIpc) is 3.85. The summed E-state index contributed by atoms with van der Waals surface area (Å²) in [5.74, 6) is 11.3. The number of fused-ring (bicyclic) bond motifs is 12. The van der Waals surface area contributed by atoms with Gasteiger partial charge in [-0.2, -0.15) is 0 Å². The lowest BCUT2D eigenvalue weighted by molar-refractivity contribution is -0.141. The van der Waals surface area contributed by atoms with Crippen molar-refractivity contribution >= 4 is 39.5 Å². The van der Waals surface area contributed by atoms with E-state index < -0.39 is 12.0 Å². The molecule has 4 aliphatic heterocycles. The van der Waals surface area contributed by atoms with Gasteiger partial charge in [0, 0.05) is 88.9 Å². The highest BCUT2D eigenvalue weighted by atomic mass is 33.1. The number of nitrogen functional groups attached to an aromatic ring is 1. The minimum absolute atomic E-state index is 0.0276. The van der Waals surface area contributed by atoms with Gasteiger partial charge in [0.25, 0.3) is 0 Å². The van der Waals surface area contributed by atoms with Crippen LogP contribution >= 0.6 is 21.6 Å². The number of carbonyl (C=O) groups is 1. The molecule has 362 valence electrons. The van der Waals surface area contributed by atoms with Crippen LogP contribution < -0.4 is 30.6 Å². The Hall–Kier alpha value is -5.04. The minimum atomic E-state index is -0.695. The molecule has 14 heteroatoms. The van der Waals surface area contributed by atoms with Gasteiger partial charge in [0.05, 0.1) is 19.1 Å². The molecule has 6 bridgehead atoms. The number of anilines is 1. The monoisotopic (exact) mass is 970 g/mol. The predicted molar refractivity (Wildman–Crippen MR) is 271 cm³/mol. The summed E-state index contributed by atoms with van der Waals surface area (Å²) in [7, 11) is 5.41. The van der Waals surface area contributed by atoms with Crippen LogP contribution in [0.4, 0.5) is 5.82 Å². The normalized spacial score (nSPS) is 27.1. The number of carbonyl (C=O) groups excluding carboxylic acids is 1. The zero-order valence-electron chi connectivity index (χ0n) is 39.4. The smallest absolute Gasteiger partial charge is 0.302 e. The molecular weight excluding hydrogens is 909 g/mol. The van der Waals surface area contributed by atoms with E-state index in [0.29, 0.717) is 71.6 Å². The van der Waals surface area contributed by atoms with Crippen molar-refractivity contribution in [1.29, 1.82) is 0 Å². The Kier molecular flexibility index (Phi) is 13.0. The molecule has 7 N–H and O–H groups in total. The average molecular weight is 971 g/mol. The van der Waals surface area contributed by atoms with Crippen LogP contribution in [0.3, 0.4) is 0 Å². The number of rotatable bonds is 8. The number of phenols is 2. The fourth-order valence-corrected chi connectivity index (χ4v) is 15.5. The van der Waals surface area contributed by atoms with E-state index in [2.05, 4.69) is 52.8 Å². The van der Waals surface area contributed by atoms with Gasteiger partial charge in [-0.3, -0.25) is 4.79 Å². The Morgan fingerprint density at radius 2 is 1.96 bits per heavy atom. The van der Waals surface area contributed by atoms with Crippen molar-refractivity contribution in [2.75, 3.05) is 44.1 Å². The molecule has 3 aliphatic carbocycles. The maximum Gasteiger partial charge on any atom is 0.302 e. The Morgan fingerprint density at radius 3 is 2.81 bits per heavy atom. The second-order valence-electron chi connectivity index (χ2n) is 20.3. The van der Waals surface area contributed by atoms with Gasteiger partial charge < -0.3 is 50.6 Å². The SMILES string of the molecule is COc1cc(O)cc2c1-c1ccc3c4c1[C@@]1(CC[C@H](Cc5ccc(N)nc5C#CCc5c(CNCCCO)c(O)c6c(c5[C@@H](O4)[C@H]3COC(C)=O)C=C[C@@H]3N[C@H]4CCC[C@@H](CSSC[C@H]3O6)C4)C1)C2. The summed E-state index contributed by atoms with van der Waals surface area (Å²) in [5, 5.41) is 41.2. The molecule has 0 radical (unpaired) electrons. The van der Waals surface area contributed by atoms with Crippen molar-refractivity contribution in [2.24, 2.45) is 11.8 Å². The summed E-state index contributed by atoms with van der Waals surface area (Å²) in [4.78, 5) is 17.7. The molecule has 69 heavy (non-hydrogen) atoms. The number of aliphatic hydroxyl groups is 1. The predicted octanol–water partition coefficient (Wildman–Crippen LogP) is 8.43. The van der Waals surface area contributed by atoms with Gasteiger partial charge in [0.15, 0.2) is 11.5 Å². The molecule has 1 saturated heterocycles. The summed E-state index contributed by atoms with van der Waals surface area (Å²) in [6.45, 7) is 2.33. The molecule has 11 rings (SSSR count). The molecule has 2 saturated carbocycles. The second kappa shape index (κ2) is 19.3. The molecule has 8 atom stereocenters. The number of nitrogens with zero attached hydrogens (tertiary/aromatic N) is 1. The van der Waals surface area contributed by atoms with Crippen molar-refractivity contribution < 1.29 is 39.1 Å². The maximum absolute atomic E-state index is 12.9. The summed E-state index contributed by atoms with van der Waals surface area (Å²) in [5.41, 5.74) is 15.8. The molecule has 7 aliphatic rings. The van der Waals surface area contributed by atoms with Crippen molar-refractivity contribution in [3.63, 3.8) is 0 Å².